The van der Waals surface area contributed by atoms with Crippen molar-refractivity contribution in [3.05, 3.63) is 36.2 Å². The minimum atomic E-state index is -3.76. The third kappa shape index (κ3) is 5.74. The number of imidazole rings is 1. The first-order chi connectivity index (χ1) is 19.0. The monoisotopic (exact) mass is 573 g/mol. The first-order valence-corrected chi connectivity index (χ1v) is 14.9. The molecule has 2 aromatic heterocycles. The van der Waals surface area contributed by atoms with Crippen LogP contribution in [0, 0.1) is 0 Å². The molecule has 5 atom stereocenters. The Labute approximate surface area is 231 Å². The van der Waals surface area contributed by atoms with E-state index in [1.165, 1.54) is 12.1 Å². The highest BCUT2D eigenvalue weighted by Gasteiger charge is 2.43. The Hall–Kier alpha value is -3.37. The number of primary sulfonamides is 1. The van der Waals surface area contributed by atoms with Crippen LogP contribution in [0.3, 0.4) is 0 Å². The average Bonchev–Trinajstić information content (AvgIpc) is 3.62. The molecule has 2 fully saturated rings. The molecule has 5 rings (SSSR count). The molecular weight excluding hydrogens is 538 g/mol. The Morgan fingerprint density at radius 3 is 2.58 bits per heavy atom. The second-order valence-electron chi connectivity index (χ2n) is 10.4. The van der Waals surface area contributed by atoms with Gasteiger partial charge in [0.1, 0.15) is 12.2 Å². The standard InChI is InChI=1S/C25H35N9O5S/c1-2-19(35)30-17-11-18(22(37)21(17)36)34-13-29-20-23(31-25(32-24(20)34)33-10-8-15(26)12-33)28-9-7-14-3-5-16(6-4-14)40(27,38)39/h3-6,13,15,17-18,21-22,36-37H,2,7-12,26H2,1H3,(H,30,35)(H2,27,38,39)(H,28,31,32)/t15-,17-,18+,21+,22-/m0/s1. The largest absolute Gasteiger partial charge is 0.388 e. The first-order valence-electron chi connectivity index (χ1n) is 13.3. The average molecular weight is 574 g/mol. The van der Waals surface area contributed by atoms with E-state index in [1.54, 1.807) is 30.0 Å². The molecule has 15 heteroatoms. The number of nitrogens with zero attached hydrogens (tertiary/aromatic N) is 5. The van der Waals surface area contributed by atoms with Gasteiger partial charge < -0.3 is 36.0 Å². The number of nitrogens with two attached hydrogens (primary N) is 2. The van der Waals surface area contributed by atoms with Crippen molar-refractivity contribution < 1.29 is 23.4 Å². The van der Waals surface area contributed by atoms with E-state index in [0.717, 1.165) is 12.0 Å². The van der Waals surface area contributed by atoms with E-state index < -0.39 is 34.3 Å². The van der Waals surface area contributed by atoms with Crippen LogP contribution in [0.2, 0.25) is 0 Å². The Kier molecular flexibility index (Phi) is 7.92. The molecule has 1 aromatic carbocycles. The van der Waals surface area contributed by atoms with E-state index in [0.29, 0.717) is 55.4 Å². The van der Waals surface area contributed by atoms with Crippen molar-refractivity contribution in [1.82, 2.24) is 24.8 Å². The molecule has 8 N–H and O–H groups in total. The predicted molar refractivity (Wildman–Crippen MR) is 148 cm³/mol. The second-order valence-corrected chi connectivity index (χ2v) is 11.9. The van der Waals surface area contributed by atoms with Gasteiger partial charge in [-0.3, -0.25) is 4.79 Å². The topological polar surface area (TPSA) is 215 Å². The number of carbonyl (C=O) groups is 1. The van der Waals surface area contributed by atoms with Gasteiger partial charge in [0.2, 0.25) is 21.9 Å². The zero-order valence-corrected chi connectivity index (χ0v) is 23.0. The number of anilines is 2. The molecule has 1 saturated carbocycles. The molecule has 0 unspecified atom stereocenters. The summed E-state index contributed by atoms with van der Waals surface area (Å²) in [4.78, 5) is 28.1. The van der Waals surface area contributed by atoms with E-state index in [-0.39, 0.29) is 23.3 Å². The SMILES string of the molecule is CCC(=O)N[C@H]1C[C@@H](n2cnc3c(NCCc4ccc(S(N)(=O)=O)cc4)nc(N4CC[C@H](N)C4)nc32)[C@H](O)[C@@H]1O. The van der Waals surface area contributed by atoms with Crippen LogP contribution < -0.4 is 26.4 Å². The van der Waals surface area contributed by atoms with Crippen molar-refractivity contribution in [1.29, 1.82) is 0 Å². The summed E-state index contributed by atoms with van der Waals surface area (Å²) < 4.78 is 24.8. The number of aliphatic hydroxyl groups is 2. The van der Waals surface area contributed by atoms with Gasteiger partial charge in [-0.2, -0.15) is 9.97 Å². The van der Waals surface area contributed by atoms with E-state index in [1.807, 2.05) is 4.90 Å². The number of nitrogens with one attached hydrogen (secondary N) is 2. The number of aromatic nitrogens is 4. The van der Waals surface area contributed by atoms with Crippen molar-refractivity contribution in [2.45, 2.75) is 67.8 Å². The molecule has 40 heavy (non-hydrogen) atoms. The maximum absolute atomic E-state index is 12.0. The van der Waals surface area contributed by atoms with E-state index in [9.17, 15) is 23.4 Å². The smallest absolute Gasteiger partial charge is 0.238 e. The van der Waals surface area contributed by atoms with Crippen LogP contribution >= 0.6 is 0 Å². The molecule has 3 heterocycles. The lowest BCUT2D eigenvalue weighted by atomic mass is 10.1. The predicted octanol–water partition coefficient (Wildman–Crippen LogP) is -0.773. The highest BCUT2D eigenvalue weighted by Crippen LogP contribution is 2.35. The van der Waals surface area contributed by atoms with Crippen LogP contribution in [-0.4, -0.2) is 88.0 Å². The summed E-state index contributed by atoms with van der Waals surface area (Å²) in [7, 11) is -3.76. The Morgan fingerprint density at radius 1 is 1.18 bits per heavy atom. The molecule has 14 nitrogen and oxygen atoms in total. The van der Waals surface area contributed by atoms with E-state index in [4.69, 9.17) is 20.8 Å². The molecule has 1 amide bonds. The van der Waals surface area contributed by atoms with Crippen LogP contribution in [0.4, 0.5) is 11.8 Å². The molecule has 0 radical (unpaired) electrons. The van der Waals surface area contributed by atoms with Gasteiger partial charge in [0.05, 0.1) is 23.3 Å². The maximum Gasteiger partial charge on any atom is 0.238 e. The Balaban J connectivity index is 1.41. The molecule has 0 bridgehead atoms. The summed E-state index contributed by atoms with van der Waals surface area (Å²) >= 11 is 0. The molecule has 3 aromatic rings. The van der Waals surface area contributed by atoms with Crippen LogP contribution in [0.25, 0.3) is 11.2 Å². The molecular formula is C25H35N9O5S. The first kappa shape index (κ1) is 28.2. The minimum absolute atomic E-state index is 0.00987. The summed E-state index contributed by atoms with van der Waals surface area (Å²) in [6, 6.07) is 5.22. The fourth-order valence-electron chi connectivity index (χ4n) is 5.29. The van der Waals surface area contributed by atoms with Gasteiger partial charge in [0.15, 0.2) is 17.0 Å². The normalized spacial score (nSPS) is 25.0. The van der Waals surface area contributed by atoms with E-state index in [2.05, 4.69) is 15.6 Å². The number of aliphatic hydroxyl groups excluding tert-OH is 2. The number of benzene rings is 1. The Morgan fingerprint density at radius 2 is 1.93 bits per heavy atom. The molecule has 1 aliphatic heterocycles. The van der Waals surface area contributed by atoms with E-state index >= 15 is 0 Å². The van der Waals surface area contributed by atoms with Crippen LogP contribution in [0.15, 0.2) is 35.5 Å². The third-order valence-corrected chi connectivity index (χ3v) is 8.48. The van der Waals surface area contributed by atoms with Crippen molar-refractivity contribution in [3.63, 3.8) is 0 Å². The Bertz CT molecular complexity index is 1480. The van der Waals surface area contributed by atoms with Gasteiger partial charge in [-0.25, -0.2) is 18.5 Å². The lowest BCUT2D eigenvalue weighted by molar-refractivity contribution is -0.122. The van der Waals surface area contributed by atoms with Gasteiger partial charge in [-0.15, -0.1) is 0 Å². The van der Waals surface area contributed by atoms with Crippen LogP contribution in [0.5, 0.6) is 0 Å². The number of fused-ring (bicyclic) bond motifs is 1. The van der Waals surface area contributed by atoms with Gasteiger partial charge in [0, 0.05) is 32.1 Å². The molecule has 1 aliphatic carbocycles. The fraction of sp³-hybridized carbons (Fsp3) is 0.520. The van der Waals surface area contributed by atoms with Gasteiger partial charge in [-0.1, -0.05) is 19.1 Å². The van der Waals surface area contributed by atoms with Crippen LogP contribution in [-0.2, 0) is 21.2 Å². The van der Waals surface area contributed by atoms with Crippen molar-refractivity contribution >= 4 is 38.9 Å². The highest BCUT2D eigenvalue weighted by molar-refractivity contribution is 7.89. The van der Waals surface area contributed by atoms with Crippen molar-refractivity contribution in [3.8, 4) is 0 Å². The second kappa shape index (κ2) is 11.2. The third-order valence-electron chi connectivity index (χ3n) is 7.55. The van der Waals surface area contributed by atoms with Gasteiger partial charge in [-0.05, 0) is 37.0 Å². The van der Waals surface area contributed by atoms with Gasteiger partial charge in [0.25, 0.3) is 0 Å². The molecule has 1 saturated heterocycles. The van der Waals surface area contributed by atoms with Crippen molar-refractivity contribution in [2.75, 3.05) is 29.9 Å². The number of rotatable bonds is 9. The fourth-order valence-corrected chi connectivity index (χ4v) is 5.80. The summed E-state index contributed by atoms with van der Waals surface area (Å²) in [6.45, 7) is 3.51. The minimum Gasteiger partial charge on any atom is -0.388 e. The number of amides is 1. The zero-order chi connectivity index (χ0) is 28.6. The lowest BCUT2D eigenvalue weighted by Gasteiger charge is -2.20. The highest BCUT2D eigenvalue weighted by atomic mass is 32.2. The summed E-state index contributed by atoms with van der Waals surface area (Å²) in [6.07, 6.45) is 1.28. The summed E-state index contributed by atoms with van der Waals surface area (Å²) in [5.74, 6) is 0.781. The maximum atomic E-state index is 12.0. The molecule has 0 spiro atoms. The molecule has 2 aliphatic rings. The van der Waals surface area contributed by atoms with Crippen LogP contribution in [0.1, 0.15) is 37.8 Å². The zero-order valence-electron chi connectivity index (χ0n) is 22.1. The summed E-state index contributed by atoms with van der Waals surface area (Å²) in [5, 5.41) is 32.8. The molecule has 216 valence electrons. The van der Waals surface area contributed by atoms with Gasteiger partial charge >= 0.3 is 0 Å². The number of sulfonamides is 1. The number of hydrogen-bond donors (Lipinski definition) is 6. The number of hydrogen-bond acceptors (Lipinski definition) is 11. The lowest BCUT2D eigenvalue weighted by Crippen LogP contribution is -2.42. The summed E-state index contributed by atoms with van der Waals surface area (Å²) in [5.41, 5.74) is 8.03. The quantitative estimate of drug-likeness (QED) is 0.187. The van der Waals surface area contributed by atoms with Crippen molar-refractivity contribution in [2.24, 2.45) is 10.9 Å². The number of carbonyl (C=O) groups excluding carboxylic acids is 1.